The van der Waals surface area contributed by atoms with Gasteiger partial charge >= 0.3 is 6.09 Å². The molecule has 10 heteroatoms. The van der Waals surface area contributed by atoms with E-state index >= 15 is 0 Å². The van der Waals surface area contributed by atoms with Crippen molar-refractivity contribution in [1.29, 1.82) is 0 Å². The van der Waals surface area contributed by atoms with Crippen LogP contribution in [0.5, 0.6) is 11.5 Å². The third-order valence-electron chi connectivity index (χ3n) is 6.97. The molecule has 3 aromatic rings. The number of ether oxygens (including phenoxy) is 2. The summed E-state index contributed by atoms with van der Waals surface area (Å²) >= 11 is 0. The molecule has 3 heterocycles. The van der Waals surface area contributed by atoms with Crippen molar-refractivity contribution in [2.45, 2.75) is 51.8 Å². The average molecular weight is 533 g/mol. The van der Waals surface area contributed by atoms with Gasteiger partial charge in [-0.25, -0.2) is 9.48 Å². The summed E-state index contributed by atoms with van der Waals surface area (Å²) in [5.74, 6) is 0.866. The number of nitrogens with one attached hydrogen (secondary N) is 1. The van der Waals surface area contributed by atoms with E-state index in [0.29, 0.717) is 49.0 Å². The lowest BCUT2D eigenvalue weighted by Crippen LogP contribution is -2.55. The molecule has 1 fully saturated rings. The first-order chi connectivity index (χ1) is 18.6. The molecular formula is C29H36N6O4. The minimum absolute atomic E-state index is 0.0166. The monoisotopic (exact) mass is 532 g/mol. The van der Waals surface area contributed by atoms with Gasteiger partial charge in [-0.1, -0.05) is 18.2 Å². The van der Waals surface area contributed by atoms with Crippen molar-refractivity contribution >= 4 is 17.7 Å². The van der Waals surface area contributed by atoms with Crippen molar-refractivity contribution in [2.75, 3.05) is 31.5 Å². The molecule has 1 aromatic heterocycles. The highest BCUT2D eigenvalue weighted by atomic mass is 16.6. The topological polar surface area (TPSA) is 115 Å². The second kappa shape index (κ2) is 10.6. The van der Waals surface area contributed by atoms with E-state index in [9.17, 15) is 9.59 Å². The molecule has 1 saturated heterocycles. The number of piperazine rings is 1. The first-order valence-corrected chi connectivity index (χ1v) is 13.3. The molecule has 3 N–H and O–H groups in total. The lowest BCUT2D eigenvalue weighted by Gasteiger charge is -2.44. The number of benzene rings is 2. The predicted octanol–water partition coefficient (Wildman–Crippen LogP) is 4.56. The number of para-hydroxylation sites is 1. The van der Waals surface area contributed by atoms with Gasteiger partial charge in [0, 0.05) is 32.2 Å². The SMILES string of the molecule is C[C@H]1CN(C(=O)OC(C)(C)C)CCN1[C@@H]1CCNc2c1nn(-c1ccc(Oc3ccccc3)cc1)c2C(N)=O. The second-order valence-corrected chi connectivity index (χ2v) is 11.0. The summed E-state index contributed by atoms with van der Waals surface area (Å²) in [5.41, 5.74) is 7.83. The molecule has 0 bridgehead atoms. The molecule has 2 aliphatic heterocycles. The maximum absolute atomic E-state index is 12.6. The number of nitrogens with two attached hydrogens (primary N) is 1. The van der Waals surface area contributed by atoms with Crippen LogP contribution in [0.4, 0.5) is 10.5 Å². The Bertz CT molecular complexity index is 1330. The fourth-order valence-electron chi connectivity index (χ4n) is 5.26. The van der Waals surface area contributed by atoms with E-state index in [2.05, 4.69) is 17.1 Å². The molecule has 2 aromatic carbocycles. The maximum Gasteiger partial charge on any atom is 0.410 e. The van der Waals surface area contributed by atoms with Crippen molar-refractivity contribution in [2.24, 2.45) is 5.73 Å². The lowest BCUT2D eigenvalue weighted by atomic mass is 9.99. The van der Waals surface area contributed by atoms with Gasteiger partial charge in [0.15, 0.2) is 5.69 Å². The van der Waals surface area contributed by atoms with Gasteiger partial charge in [0.2, 0.25) is 0 Å². The number of hydrogen-bond acceptors (Lipinski definition) is 7. The van der Waals surface area contributed by atoms with Crippen molar-refractivity contribution in [3.63, 3.8) is 0 Å². The minimum atomic E-state index is -0.552. The number of carbonyl (C=O) groups excluding carboxylic acids is 2. The van der Waals surface area contributed by atoms with Crippen LogP contribution in [0.2, 0.25) is 0 Å². The van der Waals surface area contributed by atoms with Gasteiger partial charge in [-0.05, 0) is 70.5 Å². The Balaban J connectivity index is 1.38. The molecule has 2 amide bonds. The standard InChI is InChI=1S/C29H36N6O4/c1-19-18-33(28(37)39-29(2,3)4)16-17-34(19)23-14-15-31-25-24(23)32-35(26(25)27(30)36)20-10-12-22(13-11-20)38-21-8-6-5-7-9-21/h5-13,19,23,31H,14-18H2,1-4H3,(H2,30,36)/t19-,23+/m0/s1. The quantitative estimate of drug-likeness (QED) is 0.495. The van der Waals surface area contributed by atoms with Crippen molar-refractivity contribution in [3.8, 4) is 17.2 Å². The van der Waals surface area contributed by atoms with E-state index in [1.807, 2.05) is 75.4 Å². The number of aromatic nitrogens is 2. The van der Waals surface area contributed by atoms with Gasteiger partial charge in [-0.15, -0.1) is 0 Å². The number of rotatable bonds is 5. The van der Waals surface area contributed by atoms with Gasteiger partial charge in [-0.3, -0.25) is 9.69 Å². The highest BCUT2D eigenvalue weighted by Gasteiger charge is 2.39. The van der Waals surface area contributed by atoms with Crippen LogP contribution in [0.25, 0.3) is 5.69 Å². The van der Waals surface area contributed by atoms with E-state index in [0.717, 1.165) is 17.9 Å². The summed E-state index contributed by atoms with van der Waals surface area (Å²) in [6.07, 6.45) is 0.531. The first-order valence-electron chi connectivity index (χ1n) is 13.3. The van der Waals surface area contributed by atoms with Crippen LogP contribution < -0.4 is 15.8 Å². The Morgan fingerprint density at radius 1 is 1.03 bits per heavy atom. The second-order valence-electron chi connectivity index (χ2n) is 11.0. The molecule has 0 radical (unpaired) electrons. The number of primary amides is 1. The zero-order valence-corrected chi connectivity index (χ0v) is 22.9. The Hall–Kier alpha value is -4.05. The molecule has 0 unspecified atom stereocenters. The Labute approximate surface area is 228 Å². The predicted molar refractivity (Wildman–Crippen MR) is 148 cm³/mol. The molecule has 206 valence electrons. The van der Waals surface area contributed by atoms with Crippen molar-refractivity contribution in [1.82, 2.24) is 19.6 Å². The van der Waals surface area contributed by atoms with Crippen LogP contribution in [0.3, 0.4) is 0 Å². The number of fused-ring (bicyclic) bond motifs is 1. The summed E-state index contributed by atoms with van der Waals surface area (Å²) in [6, 6.07) is 17.0. The zero-order valence-electron chi connectivity index (χ0n) is 22.9. The number of carbonyl (C=O) groups is 2. The van der Waals surface area contributed by atoms with Crippen LogP contribution in [-0.2, 0) is 4.74 Å². The minimum Gasteiger partial charge on any atom is -0.457 e. The summed E-state index contributed by atoms with van der Waals surface area (Å²) in [6.45, 7) is 10.2. The van der Waals surface area contributed by atoms with Crippen molar-refractivity contribution in [3.05, 3.63) is 66.0 Å². The van der Waals surface area contributed by atoms with Crippen molar-refractivity contribution < 1.29 is 19.1 Å². The lowest BCUT2D eigenvalue weighted by molar-refractivity contribution is -0.00345. The van der Waals surface area contributed by atoms with Gasteiger partial charge in [0.1, 0.15) is 22.8 Å². The largest absolute Gasteiger partial charge is 0.457 e. The Kier molecular flexibility index (Phi) is 7.22. The zero-order chi connectivity index (χ0) is 27.7. The van der Waals surface area contributed by atoms with Crippen LogP contribution in [-0.4, -0.2) is 69.4 Å². The summed E-state index contributed by atoms with van der Waals surface area (Å²) < 4.78 is 13.1. The third-order valence-corrected chi connectivity index (χ3v) is 6.97. The third kappa shape index (κ3) is 5.70. The van der Waals surface area contributed by atoms with E-state index in [-0.39, 0.29) is 18.2 Å². The molecule has 2 atom stereocenters. The van der Waals surface area contributed by atoms with E-state index in [1.165, 1.54) is 0 Å². The van der Waals surface area contributed by atoms with Crippen LogP contribution >= 0.6 is 0 Å². The number of hydrogen-bond donors (Lipinski definition) is 2. The molecule has 10 nitrogen and oxygen atoms in total. The molecule has 0 spiro atoms. The molecule has 0 saturated carbocycles. The molecule has 39 heavy (non-hydrogen) atoms. The van der Waals surface area contributed by atoms with Gasteiger partial charge in [0.25, 0.3) is 5.91 Å². The van der Waals surface area contributed by atoms with Gasteiger partial charge in [0.05, 0.1) is 17.4 Å². The molecule has 0 aliphatic carbocycles. The average Bonchev–Trinajstić information content (AvgIpc) is 3.29. The smallest absolute Gasteiger partial charge is 0.410 e. The van der Waals surface area contributed by atoms with Gasteiger partial charge in [-0.2, -0.15) is 5.10 Å². The Morgan fingerprint density at radius 2 is 1.72 bits per heavy atom. The highest BCUT2D eigenvalue weighted by molar-refractivity contribution is 5.98. The summed E-state index contributed by atoms with van der Waals surface area (Å²) in [4.78, 5) is 29.4. The maximum atomic E-state index is 12.6. The molecule has 2 aliphatic rings. The fourth-order valence-corrected chi connectivity index (χ4v) is 5.26. The summed E-state index contributed by atoms with van der Waals surface area (Å²) in [7, 11) is 0. The normalized spacial score (nSPS) is 19.6. The van der Waals surface area contributed by atoms with E-state index in [1.54, 1.807) is 9.58 Å². The Morgan fingerprint density at radius 3 is 2.36 bits per heavy atom. The number of amides is 2. The number of nitrogens with zero attached hydrogens (tertiary/aromatic N) is 4. The first kappa shape index (κ1) is 26.6. The number of anilines is 1. The van der Waals surface area contributed by atoms with E-state index < -0.39 is 11.5 Å². The molecule has 5 rings (SSSR count). The van der Waals surface area contributed by atoms with Crippen LogP contribution in [0, 0.1) is 0 Å². The van der Waals surface area contributed by atoms with Crippen LogP contribution in [0.15, 0.2) is 54.6 Å². The molecular weight excluding hydrogens is 496 g/mol. The highest BCUT2D eigenvalue weighted by Crippen LogP contribution is 2.38. The van der Waals surface area contributed by atoms with Crippen LogP contribution in [0.1, 0.15) is 56.3 Å². The van der Waals surface area contributed by atoms with Gasteiger partial charge < -0.3 is 25.4 Å². The van der Waals surface area contributed by atoms with E-state index in [4.69, 9.17) is 20.3 Å². The fraction of sp³-hybridized carbons (Fsp3) is 0.414. The summed E-state index contributed by atoms with van der Waals surface area (Å²) in [5, 5.41) is 8.28.